The molecule has 0 saturated heterocycles. The van der Waals surface area contributed by atoms with E-state index in [1.807, 2.05) is 6.08 Å². The number of nitrogens with one attached hydrogen (secondary N) is 3. The Morgan fingerprint density at radius 3 is 2.52 bits per heavy atom. The molecule has 3 aliphatic carbocycles. The molecule has 2 heterocycles. The van der Waals surface area contributed by atoms with Gasteiger partial charge in [0, 0.05) is 31.4 Å². The molecule has 4 amide bonds. The van der Waals surface area contributed by atoms with Crippen molar-refractivity contribution >= 4 is 39.5 Å². The normalized spacial score (nSPS) is 28.1. The summed E-state index contributed by atoms with van der Waals surface area (Å²) >= 11 is 0. The van der Waals surface area contributed by atoms with E-state index in [2.05, 4.69) is 20.5 Å². The summed E-state index contributed by atoms with van der Waals surface area (Å²) < 4.78 is 75.2. The van der Waals surface area contributed by atoms with Crippen LogP contribution in [0.1, 0.15) is 62.6 Å². The average Bonchev–Trinajstić information content (AvgIpc) is 3.93. The zero-order valence-electron chi connectivity index (χ0n) is 27.5. The van der Waals surface area contributed by atoms with Gasteiger partial charge in [-0.1, -0.05) is 12.2 Å². The lowest BCUT2D eigenvalue weighted by Gasteiger charge is -2.26. The molecule has 1 aromatic carbocycles. The van der Waals surface area contributed by atoms with Crippen molar-refractivity contribution in [1.29, 1.82) is 0 Å². The van der Waals surface area contributed by atoms with Crippen LogP contribution >= 0.6 is 0 Å². The minimum atomic E-state index is -4.70. The van der Waals surface area contributed by atoms with Gasteiger partial charge >= 0.3 is 12.3 Å². The first kappa shape index (κ1) is 35.4. The summed E-state index contributed by atoms with van der Waals surface area (Å²) in [5, 5.41) is 8.62. The van der Waals surface area contributed by atoms with E-state index in [9.17, 15) is 40.8 Å². The van der Waals surface area contributed by atoms with Gasteiger partial charge in [0.2, 0.25) is 21.8 Å². The van der Waals surface area contributed by atoms with Gasteiger partial charge in [0.1, 0.15) is 11.6 Å². The monoisotopic (exact) mass is 720 g/mol. The van der Waals surface area contributed by atoms with Gasteiger partial charge in [0.15, 0.2) is 0 Å². The van der Waals surface area contributed by atoms with Crippen LogP contribution in [-0.2, 0) is 35.3 Å². The number of hydrogen-bond acceptors (Lipinski definition) is 8. The van der Waals surface area contributed by atoms with Crippen LogP contribution in [0.25, 0.3) is 5.69 Å². The van der Waals surface area contributed by atoms with E-state index >= 15 is 0 Å². The Balaban J connectivity index is 1.22. The third-order valence-corrected chi connectivity index (χ3v) is 11.7. The topological polar surface area (TPSA) is 169 Å². The number of sulfonamides is 1. The highest BCUT2D eigenvalue weighted by Crippen LogP contribution is 2.47. The van der Waals surface area contributed by atoms with E-state index in [0.717, 1.165) is 18.6 Å². The smallest absolute Gasteiger partial charge is 0.416 e. The lowest BCUT2D eigenvalue weighted by Crippen LogP contribution is -2.54. The van der Waals surface area contributed by atoms with Crippen molar-refractivity contribution in [2.75, 3.05) is 18.9 Å². The van der Waals surface area contributed by atoms with Crippen molar-refractivity contribution in [3.8, 4) is 5.69 Å². The minimum Gasteiger partial charge on any atom is -0.446 e. The molecule has 0 radical (unpaired) electrons. The summed E-state index contributed by atoms with van der Waals surface area (Å²) in [4.78, 5) is 55.8. The van der Waals surface area contributed by atoms with Gasteiger partial charge in [0.25, 0.3) is 5.91 Å². The molecular weight excluding hydrogens is 681 g/mol. The quantitative estimate of drug-likeness (QED) is 0.379. The van der Waals surface area contributed by atoms with E-state index < -0.39 is 74.3 Å². The SMILES string of the molecule is Cc1ccnn1-c1ccc(C(F)(F)F)cc1NC(=O)OC1CC2C(=O)NC3(C(=O)NS(=O)(=O)C4CC4)CC3/C=C\CCCCN(C)C(=O)C2C1. The van der Waals surface area contributed by atoms with E-state index in [1.54, 1.807) is 26.1 Å². The summed E-state index contributed by atoms with van der Waals surface area (Å²) in [5.41, 5.74) is -2.00. The number of carbonyl (C=O) groups excluding carboxylic acids is 4. The first-order valence-electron chi connectivity index (χ1n) is 16.6. The van der Waals surface area contributed by atoms with E-state index in [0.29, 0.717) is 37.9 Å². The highest BCUT2D eigenvalue weighted by Gasteiger charge is 2.62. The predicted molar refractivity (Wildman–Crippen MR) is 173 cm³/mol. The summed E-state index contributed by atoms with van der Waals surface area (Å²) in [6.07, 6.45) is 1.33. The number of nitrogens with zero attached hydrogens (tertiary/aromatic N) is 3. The van der Waals surface area contributed by atoms with Crippen LogP contribution in [0.5, 0.6) is 0 Å². The van der Waals surface area contributed by atoms with Crippen molar-refractivity contribution in [1.82, 2.24) is 24.7 Å². The lowest BCUT2D eigenvalue weighted by atomic mass is 9.93. The molecule has 0 bridgehead atoms. The summed E-state index contributed by atoms with van der Waals surface area (Å²) in [6.45, 7) is 2.11. The Kier molecular flexibility index (Phi) is 9.47. The maximum atomic E-state index is 13.9. The third-order valence-electron chi connectivity index (χ3n) is 9.89. The fraction of sp³-hybridized carbons (Fsp3) is 0.545. The first-order valence-corrected chi connectivity index (χ1v) is 18.1. The molecule has 50 heavy (non-hydrogen) atoms. The van der Waals surface area contributed by atoms with Gasteiger partial charge in [-0.15, -0.1) is 0 Å². The molecule has 1 aliphatic heterocycles. The number of benzene rings is 1. The standard InChI is InChI=1S/C33H39F3N6O7S/c1-19-12-13-37-42(19)27-11-8-20(33(34,35)36)15-26(27)38-31(46)49-22-16-24-25(17-22)29(44)41(2)14-6-4-3-5-7-21-18-32(21,39-28(24)43)30(45)40-50(47,48)23-9-10-23/h5,7-8,11-13,15,21-25H,3-4,6,9-10,14,16-18H2,1-2H3,(H,38,46)(H,39,43)(H,40,45)/b7-5-. The van der Waals surface area contributed by atoms with Gasteiger partial charge < -0.3 is 15.0 Å². The number of fused-ring (bicyclic) bond motifs is 2. The zero-order valence-corrected chi connectivity index (χ0v) is 28.4. The fourth-order valence-corrected chi connectivity index (χ4v) is 8.16. The number of halogens is 3. The summed E-state index contributed by atoms with van der Waals surface area (Å²) in [7, 11) is -2.29. The maximum Gasteiger partial charge on any atom is 0.416 e. The molecule has 270 valence electrons. The van der Waals surface area contributed by atoms with Gasteiger partial charge in [-0.25, -0.2) is 17.9 Å². The highest BCUT2D eigenvalue weighted by atomic mass is 32.2. The number of aromatic nitrogens is 2. The number of hydrogen-bond donors (Lipinski definition) is 3. The van der Waals surface area contributed by atoms with Crippen molar-refractivity contribution in [3.05, 3.63) is 53.9 Å². The molecule has 0 spiro atoms. The summed E-state index contributed by atoms with van der Waals surface area (Å²) in [6, 6.07) is 4.46. The molecule has 3 saturated carbocycles. The van der Waals surface area contributed by atoms with Crippen LogP contribution in [0.2, 0.25) is 0 Å². The van der Waals surface area contributed by atoms with Crippen molar-refractivity contribution in [2.45, 2.75) is 81.4 Å². The zero-order chi connectivity index (χ0) is 36.0. The average molecular weight is 721 g/mol. The van der Waals surface area contributed by atoms with Crippen LogP contribution in [0.15, 0.2) is 42.6 Å². The Morgan fingerprint density at radius 1 is 1.10 bits per heavy atom. The van der Waals surface area contributed by atoms with Crippen LogP contribution in [0.3, 0.4) is 0 Å². The molecule has 4 aliphatic rings. The number of aryl methyl sites for hydroxylation is 1. The van der Waals surface area contributed by atoms with E-state index in [-0.39, 0.29) is 36.5 Å². The Morgan fingerprint density at radius 2 is 1.84 bits per heavy atom. The predicted octanol–water partition coefficient (Wildman–Crippen LogP) is 3.82. The molecule has 5 unspecified atom stereocenters. The van der Waals surface area contributed by atoms with E-state index in [1.165, 1.54) is 21.8 Å². The number of anilines is 1. The third kappa shape index (κ3) is 7.37. The molecule has 2 aromatic rings. The molecule has 1 aromatic heterocycles. The van der Waals surface area contributed by atoms with Crippen molar-refractivity contribution < 1.29 is 45.5 Å². The molecule has 5 atom stereocenters. The molecule has 13 nitrogen and oxygen atoms in total. The Hall–Kier alpha value is -4.41. The fourth-order valence-electron chi connectivity index (χ4n) is 6.80. The van der Waals surface area contributed by atoms with Gasteiger partial charge in [-0.05, 0) is 82.6 Å². The highest BCUT2D eigenvalue weighted by molar-refractivity contribution is 7.91. The van der Waals surface area contributed by atoms with Crippen LogP contribution in [0, 0.1) is 24.7 Å². The van der Waals surface area contributed by atoms with E-state index in [4.69, 9.17) is 4.74 Å². The molecule has 17 heteroatoms. The molecular formula is C33H39F3N6O7S. The second kappa shape index (κ2) is 13.4. The van der Waals surface area contributed by atoms with Crippen molar-refractivity contribution in [2.24, 2.45) is 17.8 Å². The lowest BCUT2D eigenvalue weighted by molar-refractivity contribution is -0.140. The second-order valence-corrected chi connectivity index (χ2v) is 15.5. The Labute approximate surface area is 287 Å². The largest absolute Gasteiger partial charge is 0.446 e. The molecule has 6 rings (SSSR count). The van der Waals surface area contributed by atoms with Gasteiger partial charge in [-0.2, -0.15) is 18.3 Å². The van der Waals surface area contributed by atoms with Crippen LogP contribution < -0.4 is 15.4 Å². The maximum absolute atomic E-state index is 13.9. The van der Waals surface area contributed by atoms with Crippen LogP contribution in [0.4, 0.5) is 23.7 Å². The molecule has 3 fully saturated rings. The number of amides is 4. The number of carbonyl (C=O) groups is 4. The van der Waals surface area contributed by atoms with Crippen molar-refractivity contribution in [3.63, 3.8) is 0 Å². The minimum absolute atomic E-state index is 0.0546. The number of ether oxygens (including phenoxy) is 1. The Bertz CT molecular complexity index is 1830. The number of rotatable bonds is 6. The number of allylic oxidation sites excluding steroid dienone is 1. The first-order chi connectivity index (χ1) is 23.6. The van der Waals surface area contributed by atoms with Gasteiger partial charge in [-0.3, -0.25) is 24.4 Å². The summed E-state index contributed by atoms with van der Waals surface area (Å²) in [5.74, 6) is -4.31. The van der Waals surface area contributed by atoms with Gasteiger partial charge in [0.05, 0.1) is 34.0 Å². The van der Waals surface area contributed by atoms with Crippen LogP contribution in [-0.4, -0.2) is 77.4 Å². The second-order valence-electron chi connectivity index (χ2n) is 13.6. The number of alkyl halides is 3. The molecule has 3 N–H and O–H groups in total.